The number of aromatic nitrogens is 4. The van der Waals surface area contributed by atoms with Gasteiger partial charge in [-0.05, 0) is 17.7 Å². The number of piperazine rings is 1. The van der Waals surface area contributed by atoms with Crippen LogP contribution in [0.1, 0.15) is 10.4 Å². The van der Waals surface area contributed by atoms with Crippen molar-refractivity contribution in [3.05, 3.63) is 66.6 Å². The molecule has 1 aliphatic rings. The molecule has 9 heteroatoms. The first-order valence-electron chi connectivity index (χ1n) is 10.7. The number of nitrogens with zero attached hydrogens (tertiary/aromatic N) is 6. The van der Waals surface area contributed by atoms with Crippen LogP contribution in [0.25, 0.3) is 16.9 Å². The fourth-order valence-corrected chi connectivity index (χ4v) is 4.13. The van der Waals surface area contributed by atoms with Gasteiger partial charge in [-0.3, -0.25) is 4.79 Å². The van der Waals surface area contributed by atoms with Gasteiger partial charge in [0.1, 0.15) is 23.6 Å². The van der Waals surface area contributed by atoms with Gasteiger partial charge in [-0.2, -0.15) is 14.6 Å². The van der Waals surface area contributed by atoms with Crippen LogP contribution in [0.5, 0.6) is 11.5 Å². The third-order valence-corrected chi connectivity index (χ3v) is 5.83. The van der Waals surface area contributed by atoms with Crippen molar-refractivity contribution in [2.45, 2.75) is 0 Å². The van der Waals surface area contributed by atoms with Crippen LogP contribution in [-0.2, 0) is 0 Å². The smallest absolute Gasteiger partial charge is 0.254 e. The average molecular weight is 444 g/mol. The maximum absolute atomic E-state index is 13.2. The molecule has 0 radical (unpaired) electrons. The van der Waals surface area contributed by atoms with Crippen molar-refractivity contribution in [3.63, 3.8) is 0 Å². The molecule has 4 aromatic rings. The number of amides is 1. The molecule has 1 aliphatic heterocycles. The number of hydrogen-bond donors (Lipinski definition) is 0. The molecule has 0 spiro atoms. The zero-order valence-corrected chi connectivity index (χ0v) is 18.5. The van der Waals surface area contributed by atoms with Crippen LogP contribution < -0.4 is 14.4 Å². The number of anilines is 1. The van der Waals surface area contributed by atoms with Gasteiger partial charge in [0.25, 0.3) is 11.7 Å². The molecule has 0 atom stereocenters. The number of benzene rings is 2. The van der Waals surface area contributed by atoms with Crippen LogP contribution in [0.3, 0.4) is 0 Å². The SMILES string of the molecule is COc1cc(OC)cc(C(=O)N2CCN(c3c(-c4ccccc4)cnc4ncnn34)CC2)c1. The van der Waals surface area contributed by atoms with Crippen LogP contribution in [0.4, 0.5) is 5.82 Å². The Labute approximate surface area is 191 Å². The quantitative estimate of drug-likeness (QED) is 0.468. The monoisotopic (exact) mass is 444 g/mol. The molecule has 0 N–H and O–H groups in total. The Morgan fingerprint density at radius 1 is 0.909 bits per heavy atom. The van der Waals surface area contributed by atoms with Gasteiger partial charge in [-0.25, -0.2) is 4.98 Å². The molecule has 0 unspecified atom stereocenters. The highest BCUT2D eigenvalue weighted by Crippen LogP contribution is 2.31. The molecule has 5 rings (SSSR count). The normalized spacial score (nSPS) is 13.9. The molecule has 0 saturated carbocycles. The second kappa shape index (κ2) is 8.78. The Kier molecular flexibility index (Phi) is 5.52. The van der Waals surface area contributed by atoms with Gasteiger partial charge in [0.15, 0.2) is 0 Å². The Hall–Kier alpha value is -4.14. The van der Waals surface area contributed by atoms with Crippen molar-refractivity contribution in [1.29, 1.82) is 0 Å². The van der Waals surface area contributed by atoms with Crippen molar-refractivity contribution in [1.82, 2.24) is 24.5 Å². The Morgan fingerprint density at radius 3 is 2.27 bits per heavy atom. The van der Waals surface area contributed by atoms with Crippen LogP contribution >= 0.6 is 0 Å². The summed E-state index contributed by atoms with van der Waals surface area (Å²) in [5.41, 5.74) is 2.58. The van der Waals surface area contributed by atoms with Crippen molar-refractivity contribution < 1.29 is 14.3 Å². The van der Waals surface area contributed by atoms with Crippen molar-refractivity contribution >= 4 is 17.5 Å². The third kappa shape index (κ3) is 3.93. The van der Waals surface area contributed by atoms with Crippen LogP contribution in [0.2, 0.25) is 0 Å². The van der Waals surface area contributed by atoms with Crippen molar-refractivity contribution in [2.75, 3.05) is 45.3 Å². The number of rotatable bonds is 5. The average Bonchev–Trinajstić information content (AvgIpc) is 3.37. The van der Waals surface area contributed by atoms with Gasteiger partial charge in [-0.15, -0.1) is 0 Å². The first-order chi connectivity index (χ1) is 16.2. The molecule has 168 valence electrons. The molecule has 9 nitrogen and oxygen atoms in total. The maximum Gasteiger partial charge on any atom is 0.254 e. The molecular formula is C24H24N6O3. The minimum atomic E-state index is -0.0456. The highest BCUT2D eigenvalue weighted by atomic mass is 16.5. The van der Waals surface area contributed by atoms with Crippen molar-refractivity contribution in [3.8, 4) is 22.6 Å². The minimum Gasteiger partial charge on any atom is -0.497 e. The first kappa shape index (κ1) is 20.7. The fourth-order valence-electron chi connectivity index (χ4n) is 4.13. The standard InChI is InChI=1S/C24H24N6O3/c1-32-19-12-18(13-20(14-19)33-2)23(31)29-10-8-28(9-11-29)22-21(17-6-4-3-5-7-17)15-25-24-26-16-27-30(22)24/h3-7,12-16H,8-11H2,1-2H3. The predicted octanol–water partition coefficient (Wildman–Crippen LogP) is 2.77. The van der Waals surface area contributed by atoms with E-state index in [9.17, 15) is 4.79 Å². The second-order valence-corrected chi connectivity index (χ2v) is 7.71. The molecule has 33 heavy (non-hydrogen) atoms. The number of hydrogen-bond acceptors (Lipinski definition) is 7. The van der Waals surface area contributed by atoms with E-state index in [4.69, 9.17) is 9.47 Å². The van der Waals surface area contributed by atoms with Gasteiger partial charge in [-0.1, -0.05) is 30.3 Å². The van der Waals surface area contributed by atoms with E-state index in [1.54, 1.807) is 36.9 Å². The minimum absolute atomic E-state index is 0.0456. The summed E-state index contributed by atoms with van der Waals surface area (Å²) >= 11 is 0. The summed E-state index contributed by atoms with van der Waals surface area (Å²) in [6.07, 6.45) is 3.35. The molecule has 1 saturated heterocycles. The van der Waals surface area contributed by atoms with E-state index < -0.39 is 0 Å². The zero-order chi connectivity index (χ0) is 22.8. The molecule has 0 aliphatic carbocycles. The lowest BCUT2D eigenvalue weighted by atomic mass is 10.1. The number of carbonyl (C=O) groups excluding carboxylic acids is 1. The lowest BCUT2D eigenvalue weighted by molar-refractivity contribution is 0.0745. The Balaban J connectivity index is 1.41. The summed E-state index contributed by atoms with van der Waals surface area (Å²) in [6, 6.07) is 15.3. The zero-order valence-electron chi connectivity index (χ0n) is 18.5. The number of methoxy groups -OCH3 is 2. The highest BCUT2D eigenvalue weighted by Gasteiger charge is 2.26. The second-order valence-electron chi connectivity index (χ2n) is 7.71. The lowest BCUT2D eigenvalue weighted by Crippen LogP contribution is -2.49. The van der Waals surface area contributed by atoms with E-state index in [0.29, 0.717) is 49.0 Å². The number of ether oxygens (including phenoxy) is 2. The van der Waals surface area contributed by atoms with Crippen molar-refractivity contribution in [2.24, 2.45) is 0 Å². The van der Waals surface area contributed by atoms with Gasteiger partial charge in [0.2, 0.25) is 0 Å². The summed E-state index contributed by atoms with van der Waals surface area (Å²) in [6.45, 7) is 2.47. The van der Waals surface area contributed by atoms with E-state index in [1.807, 2.05) is 29.3 Å². The summed E-state index contributed by atoms with van der Waals surface area (Å²) in [7, 11) is 3.15. The molecular weight excluding hydrogens is 420 g/mol. The van der Waals surface area contributed by atoms with E-state index >= 15 is 0 Å². The lowest BCUT2D eigenvalue weighted by Gasteiger charge is -2.36. The largest absolute Gasteiger partial charge is 0.497 e. The Bertz CT molecular complexity index is 1260. The summed E-state index contributed by atoms with van der Waals surface area (Å²) in [5, 5.41) is 4.41. The number of fused-ring (bicyclic) bond motifs is 1. The van der Waals surface area contributed by atoms with E-state index in [1.165, 1.54) is 6.33 Å². The molecule has 1 amide bonds. The molecule has 2 aromatic carbocycles. The molecule has 3 heterocycles. The Morgan fingerprint density at radius 2 is 1.61 bits per heavy atom. The summed E-state index contributed by atoms with van der Waals surface area (Å²) in [5.74, 6) is 2.62. The van der Waals surface area contributed by atoms with E-state index in [2.05, 4.69) is 32.1 Å². The predicted molar refractivity (Wildman–Crippen MR) is 124 cm³/mol. The van der Waals surface area contributed by atoms with Crippen LogP contribution in [-0.4, -0.2) is 70.8 Å². The van der Waals surface area contributed by atoms with Crippen LogP contribution in [0.15, 0.2) is 61.1 Å². The summed E-state index contributed by atoms with van der Waals surface area (Å²) in [4.78, 5) is 26.0. The van der Waals surface area contributed by atoms with Gasteiger partial charge >= 0.3 is 0 Å². The maximum atomic E-state index is 13.2. The third-order valence-electron chi connectivity index (χ3n) is 5.83. The van der Waals surface area contributed by atoms with Gasteiger partial charge in [0.05, 0.1) is 14.2 Å². The highest BCUT2D eigenvalue weighted by molar-refractivity contribution is 5.95. The van der Waals surface area contributed by atoms with Crippen LogP contribution in [0, 0.1) is 0 Å². The number of carbonyl (C=O) groups is 1. The van der Waals surface area contributed by atoms with Gasteiger partial charge in [0, 0.05) is 49.6 Å². The first-order valence-corrected chi connectivity index (χ1v) is 10.7. The summed E-state index contributed by atoms with van der Waals surface area (Å²) < 4.78 is 12.4. The van der Waals surface area contributed by atoms with E-state index in [0.717, 1.165) is 16.9 Å². The van der Waals surface area contributed by atoms with E-state index in [-0.39, 0.29) is 5.91 Å². The molecule has 0 bridgehead atoms. The fraction of sp³-hybridized carbons (Fsp3) is 0.250. The topological polar surface area (TPSA) is 85.1 Å². The molecule has 2 aromatic heterocycles. The molecule has 1 fully saturated rings. The van der Waals surface area contributed by atoms with Gasteiger partial charge < -0.3 is 19.3 Å².